The summed E-state index contributed by atoms with van der Waals surface area (Å²) in [6.45, 7) is 0. The molecule has 1 saturated carbocycles. The molecule has 0 heterocycles. The van der Waals surface area contributed by atoms with E-state index in [1.165, 1.54) is 12.8 Å². The second-order valence-electron chi connectivity index (χ2n) is 2.44. The zero-order valence-corrected chi connectivity index (χ0v) is 9.03. The maximum Gasteiger partial charge on any atom is 0.483 e. The second-order valence-corrected chi connectivity index (χ2v) is 4.43. The van der Waals surface area contributed by atoms with Gasteiger partial charge in [0.25, 0.3) is 0 Å². The lowest BCUT2D eigenvalue weighted by Crippen LogP contribution is -2.23. The van der Waals surface area contributed by atoms with Gasteiger partial charge in [-0.3, -0.25) is 11.3 Å². The lowest BCUT2D eigenvalue weighted by Gasteiger charge is -2.05. The Hall–Kier alpha value is 0.0169. The highest BCUT2D eigenvalue weighted by Crippen LogP contribution is 2.16. The van der Waals surface area contributed by atoms with E-state index in [9.17, 15) is 0 Å². The van der Waals surface area contributed by atoms with Crippen LogP contribution in [0.25, 0.3) is 0 Å². The van der Waals surface area contributed by atoms with Crippen molar-refractivity contribution in [1.29, 1.82) is 0 Å². The molecule has 1 aliphatic rings. The van der Waals surface area contributed by atoms with Crippen LogP contribution in [0.5, 0.6) is 0 Å². The fourth-order valence-electron chi connectivity index (χ4n) is 0.539. The summed E-state index contributed by atoms with van der Waals surface area (Å²) in [6, 6.07) is 0.662. The van der Waals surface area contributed by atoms with E-state index in [-0.39, 0.29) is 0 Å². The molecule has 0 saturated heterocycles. The highest BCUT2D eigenvalue weighted by Gasteiger charge is 2.17. The molecule has 0 radical (unpaired) electrons. The van der Waals surface area contributed by atoms with Gasteiger partial charge in [-0.1, -0.05) is 0 Å². The first-order chi connectivity index (χ1) is 5.78. The molecule has 3 N–H and O–H groups in total. The summed E-state index contributed by atoms with van der Waals surface area (Å²) in [4.78, 5) is 0. The molecular weight excluding hydrogens is 176 g/mol. The molecular formula is C6H18N2O3Si. The first kappa shape index (κ1) is 12.0. The van der Waals surface area contributed by atoms with Crippen LogP contribution in [0.2, 0.25) is 0 Å². The highest BCUT2D eigenvalue weighted by molar-refractivity contribution is 6.36. The van der Waals surface area contributed by atoms with Gasteiger partial charge < -0.3 is 13.3 Å². The Kier molecular flexibility index (Phi) is 7.67. The van der Waals surface area contributed by atoms with Gasteiger partial charge in [0.1, 0.15) is 0 Å². The van der Waals surface area contributed by atoms with Crippen LogP contribution in [0.1, 0.15) is 12.8 Å². The van der Waals surface area contributed by atoms with Crippen LogP contribution in [0.15, 0.2) is 0 Å². The number of hydrogen-bond donors (Lipinski definition) is 2. The van der Waals surface area contributed by atoms with Gasteiger partial charge in [-0.15, -0.1) is 0 Å². The Balaban J connectivity index is 0.000000211. The van der Waals surface area contributed by atoms with Gasteiger partial charge in [0, 0.05) is 27.4 Å². The molecule has 1 fully saturated rings. The normalized spacial score (nSPS) is 15.8. The highest BCUT2D eigenvalue weighted by atomic mass is 28.3. The maximum absolute atomic E-state index is 4.98. The third-order valence-corrected chi connectivity index (χ3v) is 2.55. The minimum absolute atomic E-state index is 0.662. The lowest BCUT2D eigenvalue weighted by molar-refractivity contribution is 0.163. The fraction of sp³-hybridized carbons (Fsp3) is 1.00. The van der Waals surface area contributed by atoms with Crippen molar-refractivity contribution in [3.63, 3.8) is 0 Å². The topological polar surface area (TPSA) is 65.7 Å². The predicted molar refractivity (Wildman–Crippen MR) is 48.5 cm³/mol. The van der Waals surface area contributed by atoms with E-state index in [0.717, 1.165) is 0 Å². The summed E-state index contributed by atoms with van der Waals surface area (Å²) in [5.74, 6) is 4.98. The molecule has 6 heteroatoms. The average molecular weight is 194 g/mol. The van der Waals surface area contributed by atoms with Gasteiger partial charge in [-0.25, -0.2) is 0 Å². The van der Waals surface area contributed by atoms with Crippen LogP contribution in [0.4, 0.5) is 0 Å². The predicted octanol–water partition coefficient (Wildman–Crippen LogP) is -0.745. The van der Waals surface area contributed by atoms with Crippen LogP contribution in [0.3, 0.4) is 0 Å². The fourth-order valence-corrected chi connectivity index (χ4v) is 1.12. The first-order valence-electron chi connectivity index (χ1n) is 3.83. The Morgan fingerprint density at radius 1 is 1.17 bits per heavy atom. The molecule has 0 aromatic heterocycles. The summed E-state index contributed by atoms with van der Waals surface area (Å²) in [5.41, 5.74) is 2.64. The third kappa shape index (κ3) is 6.71. The van der Waals surface area contributed by atoms with Gasteiger partial charge in [0.2, 0.25) is 0 Å². The largest absolute Gasteiger partial charge is 0.483 e. The number of hydrazine groups is 1. The smallest absolute Gasteiger partial charge is 0.379 e. The Morgan fingerprint density at radius 2 is 1.58 bits per heavy atom. The van der Waals surface area contributed by atoms with Crippen LogP contribution in [-0.2, 0) is 13.3 Å². The summed E-state index contributed by atoms with van der Waals surface area (Å²) >= 11 is 0. The minimum Gasteiger partial charge on any atom is -0.379 e. The monoisotopic (exact) mass is 194 g/mol. The molecule has 1 rings (SSSR count). The second kappa shape index (κ2) is 7.65. The van der Waals surface area contributed by atoms with E-state index in [1.54, 1.807) is 21.3 Å². The van der Waals surface area contributed by atoms with E-state index in [0.29, 0.717) is 6.04 Å². The van der Waals surface area contributed by atoms with Crippen LogP contribution in [0, 0.1) is 0 Å². The molecule has 12 heavy (non-hydrogen) atoms. The van der Waals surface area contributed by atoms with Crippen molar-refractivity contribution in [3.05, 3.63) is 0 Å². The molecule has 0 amide bonds. The van der Waals surface area contributed by atoms with Crippen molar-refractivity contribution in [2.75, 3.05) is 21.3 Å². The van der Waals surface area contributed by atoms with Gasteiger partial charge in [0.05, 0.1) is 0 Å². The zero-order valence-electron chi connectivity index (χ0n) is 7.87. The van der Waals surface area contributed by atoms with Crippen molar-refractivity contribution < 1.29 is 13.3 Å². The van der Waals surface area contributed by atoms with Crippen molar-refractivity contribution in [1.82, 2.24) is 5.43 Å². The number of nitrogens with two attached hydrogens (primary N) is 1. The Morgan fingerprint density at radius 3 is 1.58 bits per heavy atom. The van der Waals surface area contributed by atoms with Crippen LogP contribution < -0.4 is 11.3 Å². The summed E-state index contributed by atoms with van der Waals surface area (Å²) in [5, 5.41) is 0. The molecule has 0 atom stereocenters. The maximum atomic E-state index is 4.98. The molecule has 74 valence electrons. The summed E-state index contributed by atoms with van der Waals surface area (Å²) in [6.07, 6.45) is 2.55. The van der Waals surface area contributed by atoms with Crippen LogP contribution in [-0.4, -0.2) is 36.9 Å². The molecule has 0 bridgehead atoms. The molecule has 0 spiro atoms. The van der Waals surface area contributed by atoms with Gasteiger partial charge in [-0.05, 0) is 12.8 Å². The average Bonchev–Trinajstić information content (AvgIpc) is 2.91. The lowest BCUT2D eigenvalue weighted by atomic mass is 10.8. The number of nitrogens with one attached hydrogen (secondary N) is 1. The van der Waals surface area contributed by atoms with Crippen molar-refractivity contribution in [2.45, 2.75) is 18.9 Å². The van der Waals surface area contributed by atoms with Crippen LogP contribution >= 0.6 is 0 Å². The SMILES string of the molecule is CO[SiH](OC)OC.NNC1CC1. The number of rotatable bonds is 4. The van der Waals surface area contributed by atoms with Gasteiger partial charge >= 0.3 is 9.53 Å². The molecule has 1 aliphatic carbocycles. The van der Waals surface area contributed by atoms with Crippen molar-refractivity contribution >= 4 is 9.53 Å². The van der Waals surface area contributed by atoms with Gasteiger partial charge in [-0.2, -0.15) is 0 Å². The Bertz CT molecular complexity index is 93.3. The molecule has 0 unspecified atom stereocenters. The van der Waals surface area contributed by atoms with E-state index < -0.39 is 9.53 Å². The Labute approximate surface area is 75.1 Å². The minimum atomic E-state index is -1.67. The third-order valence-electron chi connectivity index (χ3n) is 1.39. The quantitative estimate of drug-likeness (QED) is 0.350. The molecule has 0 aromatic carbocycles. The van der Waals surface area contributed by atoms with E-state index in [2.05, 4.69) is 5.43 Å². The summed E-state index contributed by atoms with van der Waals surface area (Å²) < 4.78 is 14.2. The first-order valence-corrected chi connectivity index (χ1v) is 5.24. The van der Waals surface area contributed by atoms with Crippen molar-refractivity contribution in [3.8, 4) is 0 Å². The van der Waals surface area contributed by atoms with Crippen molar-refractivity contribution in [2.24, 2.45) is 5.84 Å². The molecule has 0 aliphatic heterocycles. The standard InChI is InChI=1S/C3H8N2.C3H10O3Si/c4-5-3-1-2-3;1-4-7(5-2)6-3/h3,5H,1-2,4H2;7H,1-3H3. The molecule has 5 nitrogen and oxygen atoms in total. The van der Waals surface area contributed by atoms with E-state index >= 15 is 0 Å². The summed E-state index contributed by atoms with van der Waals surface area (Å²) in [7, 11) is 3.05. The molecule has 0 aromatic rings. The number of hydrogen-bond acceptors (Lipinski definition) is 5. The van der Waals surface area contributed by atoms with E-state index in [1.807, 2.05) is 0 Å². The van der Waals surface area contributed by atoms with Gasteiger partial charge in [0.15, 0.2) is 0 Å². The van der Waals surface area contributed by atoms with E-state index in [4.69, 9.17) is 19.1 Å². The zero-order chi connectivity index (χ0) is 9.40.